The van der Waals surface area contributed by atoms with Gasteiger partial charge in [0.1, 0.15) is 6.54 Å². The summed E-state index contributed by atoms with van der Waals surface area (Å²) in [6.07, 6.45) is 2.54. The first-order chi connectivity index (χ1) is 6.81. The topological polar surface area (TPSA) is 19.9 Å². The second-order valence-corrected chi connectivity index (χ2v) is 4.10. The molecule has 1 aromatic carbocycles. The van der Waals surface area contributed by atoms with Crippen LogP contribution in [-0.4, -0.2) is 20.6 Å². The second-order valence-electron chi connectivity index (χ2n) is 4.10. The lowest BCUT2D eigenvalue weighted by atomic mass is 10.00. The lowest BCUT2D eigenvalue weighted by Gasteiger charge is -2.27. The molecular weight excluding hydrogens is 172 g/mol. The van der Waals surface area contributed by atoms with E-state index in [2.05, 4.69) is 42.5 Å². The quantitative estimate of drug-likeness (QED) is 0.731. The molecule has 1 heterocycles. The molecule has 0 saturated carbocycles. The van der Waals surface area contributed by atoms with E-state index in [0.717, 1.165) is 6.54 Å². The molecule has 0 bridgehead atoms. The van der Waals surface area contributed by atoms with Crippen molar-refractivity contribution in [3.05, 3.63) is 29.3 Å². The summed E-state index contributed by atoms with van der Waals surface area (Å²) in [5.41, 5.74) is 4.40. The zero-order chi connectivity index (χ0) is 9.97. The van der Waals surface area contributed by atoms with Gasteiger partial charge in [-0.15, -0.1) is 0 Å². The fourth-order valence-corrected chi connectivity index (χ4v) is 2.20. The van der Waals surface area contributed by atoms with E-state index in [4.69, 9.17) is 0 Å². The summed E-state index contributed by atoms with van der Waals surface area (Å²) in [6, 6.07) is 6.89. The van der Waals surface area contributed by atoms with Gasteiger partial charge in [0.05, 0.1) is 7.05 Å². The monoisotopic (exact) mass is 191 g/mol. The minimum absolute atomic E-state index is 1.09. The molecule has 0 saturated heterocycles. The summed E-state index contributed by atoms with van der Waals surface area (Å²) < 4.78 is 0. The number of quaternary nitrogens is 1. The van der Waals surface area contributed by atoms with Gasteiger partial charge < -0.3 is 10.2 Å². The molecule has 0 amide bonds. The number of hydrogen-bond donors (Lipinski definition) is 1. The van der Waals surface area contributed by atoms with Gasteiger partial charge >= 0.3 is 0 Å². The highest BCUT2D eigenvalue weighted by molar-refractivity contribution is 5.56. The highest BCUT2D eigenvalue weighted by Crippen LogP contribution is 2.26. The Morgan fingerprint density at radius 2 is 2.29 bits per heavy atom. The van der Waals surface area contributed by atoms with Crippen LogP contribution < -0.4 is 10.2 Å². The zero-order valence-corrected chi connectivity index (χ0v) is 9.09. The first-order valence-corrected chi connectivity index (χ1v) is 5.42. The Morgan fingerprint density at radius 3 is 3.07 bits per heavy atom. The lowest BCUT2D eigenvalue weighted by molar-refractivity contribution is -0.643. The fourth-order valence-electron chi connectivity index (χ4n) is 2.20. The number of nitrogens with two attached hydrogens (primary N) is 1. The van der Waals surface area contributed by atoms with Crippen LogP contribution in [0.2, 0.25) is 0 Å². The number of hydrogen-bond acceptors (Lipinski definition) is 1. The van der Waals surface area contributed by atoms with Crippen LogP contribution in [0.5, 0.6) is 0 Å². The molecule has 0 aromatic heterocycles. The largest absolute Gasteiger partial charge is 0.374 e. The third-order valence-corrected chi connectivity index (χ3v) is 2.93. The lowest BCUT2D eigenvalue weighted by Crippen LogP contribution is -2.77. The summed E-state index contributed by atoms with van der Waals surface area (Å²) in [5, 5.41) is 2.22. The predicted octanol–water partition coefficient (Wildman–Crippen LogP) is 0.762. The first kappa shape index (κ1) is 9.53. The summed E-state index contributed by atoms with van der Waals surface area (Å²) in [6.45, 7) is 2.29. The van der Waals surface area contributed by atoms with Crippen molar-refractivity contribution in [3.63, 3.8) is 0 Å². The molecule has 1 aliphatic heterocycles. The molecule has 0 aliphatic carbocycles. The number of anilines is 1. The molecule has 1 aliphatic rings. The van der Waals surface area contributed by atoms with Crippen LogP contribution in [0, 0.1) is 0 Å². The highest BCUT2D eigenvalue weighted by Gasteiger charge is 2.13. The number of nitrogens with zero attached hydrogens (tertiary/aromatic N) is 1. The van der Waals surface area contributed by atoms with Gasteiger partial charge in [0.2, 0.25) is 0 Å². The van der Waals surface area contributed by atoms with E-state index >= 15 is 0 Å². The van der Waals surface area contributed by atoms with Crippen molar-refractivity contribution in [1.82, 2.24) is 0 Å². The van der Waals surface area contributed by atoms with Crippen LogP contribution >= 0.6 is 0 Å². The number of rotatable bonds is 2. The van der Waals surface area contributed by atoms with E-state index < -0.39 is 0 Å². The molecule has 0 spiro atoms. The van der Waals surface area contributed by atoms with Gasteiger partial charge in [0.15, 0.2) is 0 Å². The molecule has 0 fully saturated rings. The molecule has 0 radical (unpaired) electrons. The number of benzene rings is 1. The van der Waals surface area contributed by atoms with Crippen molar-refractivity contribution in [2.45, 2.75) is 19.4 Å². The Bertz CT molecular complexity index is 320. The Hall–Kier alpha value is -1.02. The van der Waals surface area contributed by atoms with E-state index in [1.54, 1.807) is 0 Å². The van der Waals surface area contributed by atoms with Gasteiger partial charge in [-0.2, -0.15) is 0 Å². The molecule has 0 unspecified atom stereocenters. The van der Waals surface area contributed by atoms with Crippen molar-refractivity contribution < 1.29 is 5.32 Å². The average molecular weight is 191 g/mol. The maximum Gasteiger partial charge on any atom is 0.101 e. The Kier molecular flexibility index (Phi) is 2.73. The zero-order valence-electron chi connectivity index (χ0n) is 9.09. The molecule has 1 aromatic rings. The maximum absolute atomic E-state index is 2.37. The molecule has 0 atom stereocenters. The van der Waals surface area contributed by atoms with Gasteiger partial charge in [-0.25, -0.2) is 0 Å². The minimum atomic E-state index is 1.09. The van der Waals surface area contributed by atoms with E-state index in [-0.39, 0.29) is 0 Å². The van der Waals surface area contributed by atoms with Gasteiger partial charge in [-0.1, -0.05) is 6.07 Å². The van der Waals surface area contributed by atoms with Crippen molar-refractivity contribution >= 4 is 5.69 Å². The molecular formula is C12H19N2+. The molecule has 14 heavy (non-hydrogen) atoms. The number of aryl methyl sites for hydroxylation is 1. The van der Waals surface area contributed by atoms with Crippen LogP contribution in [-0.2, 0) is 13.0 Å². The molecule has 76 valence electrons. The van der Waals surface area contributed by atoms with E-state index in [1.807, 2.05) is 0 Å². The summed E-state index contributed by atoms with van der Waals surface area (Å²) >= 11 is 0. The van der Waals surface area contributed by atoms with Crippen molar-refractivity contribution in [1.29, 1.82) is 0 Å². The molecule has 2 heteroatoms. The molecule has 2 rings (SSSR count). The third kappa shape index (κ3) is 1.75. The van der Waals surface area contributed by atoms with E-state index in [9.17, 15) is 0 Å². The van der Waals surface area contributed by atoms with E-state index in [1.165, 1.54) is 36.2 Å². The second kappa shape index (κ2) is 4.01. The van der Waals surface area contributed by atoms with Crippen LogP contribution in [0.15, 0.2) is 18.2 Å². The summed E-state index contributed by atoms with van der Waals surface area (Å²) in [4.78, 5) is 2.36. The molecule has 2 nitrogen and oxygen atoms in total. The summed E-state index contributed by atoms with van der Waals surface area (Å²) in [5.74, 6) is 0. The average Bonchev–Trinajstić information content (AvgIpc) is 2.18. The normalized spacial score (nSPS) is 15.4. The fraction of sp³-hybridized carbons (Fsp3) is 0.500. The van der Waals surface area contributed by atoms with Crippen molar-refractivity contribution in [2.75, 3.05) is 25.5 Å². The van der Waals surface area contributed by atoms with Gasteiger partial charge in [0, 0.05) is 24.8 Å². The van der Waals surface area contributed by atoms with Crippen LogP contribution in [0.1, 0.15) is 17.5 Å². The van der Waals surface area contributed by atoms with Gasteiger partial charge in [-0.05, 0) is 30.5 Å². The third-order valence-electron chi connectivity index (χ3n) is 2.93. The highest BCUT2D eigenvalue weighted by atomic mass is 15.1. The first-order valence-electron chi connectivity index (χ1n) is 5.42. The minimum Gasteiger partial charge on any atom is -0.374 e. The van der Waals surface area contributed by atoms with Gasteiger partial charge in [0.25, 0.3) is 0 Å². The van der Waals surface area contributed by atoms with Crippen molar-refractivity contribution in [2.24, 2.45) is 0 Å². The van der Waals surface area contributed by atoms with Crippen LogP contribution in [0.4, 0.5) is 5.69 Å². The Morgan fingerprint density at radius 1 is 1.43 bits per heavy atom. The number of fused-ring (bicyclic) bond motifs is 1. The van der Waals surface area contributed by atoms with Gasteiger partial charge in [-0.3, -0.25) is 0 Å². The van der Waals surface area contributed by atoms with Crippen LogP contribution in [0.25, 0.3) is 0 Å². The SMILES string of the molecule is C[NH2+]Cc1ccc2c(c1)CCCN2C. The Labute approximate surface area is 85.9 Å². The van der Waals surface area contributed by atoms with E-state index in [0.29, 0.717) is 0 Å². The van der Waals surface area contributed by atoms with Crippen molar-refractivity contribution in [3.8, 4) is 0 Å². The smallest absolute Gasteiger partial charge is 0.101 e. The summed E-state index contributed by atoms with van der Waals surface area (Å²) in [7, 11) is 4.30. The molecule has 2 N–H and O–H groups in total. The Balaban J connectivity index is 2.29. The standard InChI is InChI=1S/C12H18N2/c1-13-9-10-5-6-12-11(8-10)4-3-7-14(12)2/h5-6,8,13H,3-4,7,9H2,1-2H3/p+1. The maximum atomic E-state index is 2.37. The van der Waals surface area contributed by atoms with Crippen LogP contribution in [0.3, 0.4) is 0 Å². The predicted molar refractivity (Wildman–Crippen MR) is 59.6 cm³/mol.